The molecule has 1 aromatic carbocycles. The summed E-state index contributed by atoms with van der Waals surface area (Å²) < 4.78 is 5.02. The SMILES string of the molecule is C=CC[C@H](N)C(=O)Oc1ccccc1. The highest BCUT2D eigenvalue weighted by molar-refractivity contribution is 5.78. The molecule has 1 rings (SSSR count). The monoisotopic (exact) mass is 191 g/mol. The molecule has 0 fully saturated rings. The second-order valence-corrected chi connectivity index (χ2v) is 2.87. The van der Waals surface area contributed by atoms with Crippen LogP contribution in [0.1, 0.15) is 6.42 Å². The molecule has 0 radical (unpaired) electrons. The van der Waals surface area contributed by atoms with Gasteiger partial charge in [-0.05, 0) is 18.6 Å². The lowest BCUT2D eigenvalue weighted by molar-refractivity contribution is -0.135. The Balaban J connectivity index is 2.53. The smallest absolute Gasteiger partial charge is 0.328 e. The van der Waals surface area contributed by atoms with Gasteiger partial charge in [0, 0.05) is 0 Å². The Morgan fingerprint density at radius 2 is 2.14 bits per heavy atom. The Morgan fingerprint density at radius 3 is 2.71 bits per heavy atom. The molecular weight excluding hydrogens is 178 g/mol. The maximum absolute atomic E-state index is 11.3. The van der Waals surface area contributed by atoms with Gasteiger partial charge in [0.15, 0.2) is 0 Å². The standard InChI is InChI=1S/C11H13NO2/c1-2-6-10(12)11(13)14-9-7-4-3-5-8-9/h2-5,7-8,10H,1,6,12H2/t10-/m0/s1. The van der Waals surface area contributed by atoms with Crippen LogP contribution in [0.4, 0.5) is 0 Å². The molecule has 14 heavy (non-hydrogen) atoms. The summed E-state index contributed by atoms with van der Waals surface area (Å²) in [5.74, 6) is 0.0770. The van der Waals surface area contributed by atoms with Crippen LogP contribution in [0.5, 0.6) is 5.75 Å². The summed E-state index contributed by atoms with van der Waals surface area (Å²) in [6.07, 6.45) is 2.02. The number of hydrogen-bond donors (Lipinski definition) is 1. The quantitative estimate of drug-likeness (QED) is 0.445. The van der Waals surface area contributed by atoms with E-state index in [1.807, 2.05) is 6.07 Å². The number of benzene rings is 1. The second kappa shape index (κ2) is 5.19. The molecule has 0 unspecified atom stereocenters. The zero-order valence-electron chi connectivity index (χ0n) is 7.85. The molecule has 0 saturated carbocycles. The largest absolute Gasteiger partial charge is 0.425 e. The van der Waals surface area contributed by atoms with Crippen LogP contribution < -0.4 is 10.5 Å². The van der Waals surface area contributed by atoms with Crippen LogP contribution in [0.25, 0.3) is 0 Å². The summed E-state index contributed by atoms with van der Waals surface area (Å²) >= 11 is 0. The summed E-state index contributed by atoms with van der Waals surface area (Å²) in [5, 5.41) is 0. The number of nitrogens with two attached hydrogens (primary N) is 1. The molecule has 0 aromatic heterocycles. The molecule has 0 aliphatic rings. The van der Waals surface area contributed by atoms with Crippen LogP contribution >= 0.6 is 0 Å². The number of carbonyl (C=O) groups excluding carboxylic acids is 1. The minimum Gasteiger partial charge on any atom is -0.425 e. The summed E-state index contributed by atoms with van der Waals surface area (Å²) in [6.45, 7) is 3.50. The molecule has 3 heteroatoms. The fraction of sp³-hybridized carbons (Fsp3) is 0.182. The Bertz CT molecular complexity index is 308. The first kappa shape index (κ1) is 10.5. The predicted molar refractivity (Wildman–Crippen MR) is 54.9 cm³/mol. The zero-order chi connectivity index (χ0) is 10.4. The Labute approximate surface area is 83.2 Å². The average molecular weight is 191 g/mol. The number of esters is 1. The van der Waals surface area contributed by atoms with Crippen molar-refractivity contribution in [2.45, 2.75) is 12.5 Å². The summed E-state index contributed by atoms with van der Waals surface area (Å²) in [4.78, 5) is 11.3. The molecule has 1 aromatic rings. The van der Waals surface area contributed by atoms with E-state index in [0.717, 1.165) is 0 Å². The fourth-order valence-electron chi connectivity index (χ4n) is 0.956. The summed E-state index contributed by atoms with van der Waals surface area (Å²) in [7, 11) is 0. The van der Waals surface area contributed by atoms with Crippen LogP contribution in [-0.2, 0) is 4.79 Å². The number of hydrogen-bond acceptors (Lipinski definition) is 3. The predicted octanol–water partition coefficient (Wildman–Crippen LogP) is 1.50. The van der Waals surface area contributed by atoms with Crippen LogP contribution in [-0.4, -0.2) is 12.0 Å². The van der Waals surface area contributed by atoms with Crippen molar-refractivity contribution in [1.82, 2.24) is 0 Å². The van der Waals surface area contributed by atoms with Crippen LogP contribution in [0.15, 0.2) is 43.0 Å². The van der Waals surface area contributed by atoms with Crippen LogP contribution in [0.3, 0.4) is 0 Å². The molecular formula is C11H13NO2. The minimum atomic E-state index is -0.632. The molecule has 0 aliphatic heterocycles. The summed E-state index contributed by atoms with van der Waals surface area (Å²) in [5.41, 5.74) is 5.53. The van der Waals surface area contributed by atoms with Gasteiger partial charge in [-0.2, -0.15) is 0 Å². The molecule has 0 bridgehead atoms. The van der Waals surface area contributed by atoms with E-state index >= 15 is 0 Å². The van der Waals surface area contributed by atoms with E-state index in [1.54, 1.807) is 30.3 Å². The maximum Gasteiger partial charge on any atom is 0.328 e. The molecule has 0 heterocycles. The lowest BCUT2D eigenvalue weighted by Crippen LogP contribution is -2.33. The first-order valence-electron chi connectivity index (χ1n) is 4.37. The van der Waals surface area contributed by atoms with E-state index in [-0.39, 0.29) is 0 Å². The van der Waals surface area contributed by atoms with Crippen molar-refractivity contribution in [2.75, 3.05) is 0 Å². The van der Waals surface area contributed by atoms with Gasteiger partial charge in [-0.15, -0.1) is 6.58 Å². The van der Waals surface area contributed by atoms with Crippen molar-refractivity contribution < 1.29 is 9.53 Å². The number of para-hydroxylation sites is 1. The lowest BCUT2D eigenvalue weighted by Gasteiger charge is -2.08. The van der Waals surface area contributed by atoms with Crippen molar-refractivity contribution in [3.8, 4) is 5.75 Å². The van der Waals surface area contributed by atoms with E-state index in [2.05, 4.69) is 6.58 Å². The third-order valence-corrected chi connectivity index (χ3v) is 1.68. The van der Waals surface area contributed by atoms with Gasteiger partial charge in [0.25, 0.3) is 0 Å². The normalized spacial score (nSPS) is 11.8. The van der Waals surface area contributed by atoms with Crippen molar-refractivity contribution >= 4 is 5.97 Å². The van der Waals surface area contributed by atoms with Crippen LogP contribution in [0.2, 0.25) is 0 Å². The van der Waals surface area contributed by atoms with E-state index in [1.165, 1.54) is 0 Å². The molecule has 1 atom stereocenters. The van der Waals surface area contributed by atoms with Crippen molar-refractivity contribution in [3.05, 3.63) is 43.0 Å². The fourth-order valence-corrected chi connectivity index (χ4v) is 0.956. The van der Waals surface area contributed by atoms with Crippen molar-refractivity contribution in [3.63, 3.8) is 0 Å². The van der Waals surface area contributed by atoms with Gasteiger partial charge in [0.1, 0.15) is 11.8 Å². The minimum absolute atomic E-state index is 0.422. The molecule has 74 valence electrons. The van der Waals surface area contributed by atoms with Gasteiger partial charge in [-0.25, -0.2) is 4.79 Å². The number of carbonyl (C=O) groups is 1. The van der Waals surface area contributed by atoms with Crippen molar-refractivity contribution in [1.29, 1.82) is 0 Å². The zero-order valence-corrected chi connectivity index (χ0v) is 7.85. The van der Waals surface area contributed by atoms with Gasteiger partial charge < -0.3 is 10.5 Å². The highest BCUT2D eigenvalue weighted by atomic mass is 16.5. The second-order valence-electron chi connectivity index (χ2n) is 2.87. The van der Waals surface area contributed by atoms with Crippen molar-refractivity contribution in [2.24, 2.45) is 5.73 Å². The Hall–Kier alpha value is -1.61. The summed E-state index contributed by atoms with van der Waals surface area (Å²) in [6, 6.07) is 8.22. The first-order chi connectivity index (χ1) is 6.74. The van der Waals surface area contributed by atoms with Gasteiger partial charge in [0.05, 0.1) is 0 Å². The number of ether oxygens (including phenoxy) is 1. The van der Waals surface area contributed by atoms with E-state index in [0.29, 0.717) is 12.2 Å². The Morgan fingerprint density at radius 1 is 1.50 bits per heavy atom. The van der Waals surface area contributed by atoms with Gasteiger partial charge in [-0.3, -0.25) is 0 Å². The van der Waals surface area contributed by atoms with Gasteiger partial charge in [0.2, 0.25) is 0 Å². The van der Waals surface area contributed by atoms with E-state index in [4.69, 9.17) is 10.5 Å². The molecule has 2 N–H and O–H groups in total. The van der Waals surface area contributed by atoms with E-state index in [9.17, 15) is 4.79 Å². The third kappa shape index (κ3) is 3.03. The highest BCUT2D eigenvalue weighted by Gasteiger charge is 2.13. The molecule has 0 spiro atoms. The first-order valence-corrected chi connectivity index (χ1v) is 4.37. The molecule has 3 nitrogen and oxygen atoms in total. The molecule has 0 amide bonds. The third-order valence-electron chi connectivity index (χ3n) is 1.68. The molecule has 0 aliphatic carbocycles. The Kier molecular flexibility index (Phi) is 3.88. The van der Waals surface area contributed by atoms with Gasteiger partial charge in [-0.1, -0.05) is 24.3 Å². The molecule has 0 saturated heterocycles. The van der Waals surface area contributed by atoms with Crippen LogP contribution in [0, 0.1) is 0 Å². The topological polar surface area (TPSA) is 52.3 Å². The lowest BCUT2D eigenvalue weighted by atomic mass is 10.2. The van der Waals surface area contributed by atoms with E-state index < -0.39 is 12.0 Å². The van der Waals surface area contributed by atoms with Gasteiger partial charge >= 0.3 is 5.97 Å². The highest BCUT2D eigenvalue weighted by Crippen LogP contribution is 2.09. The average Bonchev–Trinajstić information content (AvgIpc) is 2.19. The number of rotatable bonds is 4. The maximum atomic E-state index is 11.3.